The molecule has 1 aromatic rings. The van der Waals surface area contributed by atoms with Crippen LogP contribution in [0.2, 0.25) is 0 Å². The Labute approximate surface area is 115 Å². The van der Waals surface area contributed by atoms with Crippen LogP contribution in [-0.2, 0) is 6.18 Å². The van der Waals surface area contributed by atoms with Gasteiger partial charge in [0.15, 0.2) is 0 Å². The van der Waals surface area contributed by atoms with E-state index in [1.807, 2.05) is 0 Å². The van der Waals surface area contributed by atoms with Gasteiger partial charge >= 0.3 is 6.18 Å². The van der Waals surface area contributed by atoms with Crippen molar-refractivity contribution in [3.63, 3.8) is 0 Å². The Morgan fingerprint density at radius 1 is 1.40 bits per heavy atom. The summed E-state index contributed by atoms with van der Waals surface area (Å²) in [6, 6.07) is 4.87. The van der Waals surface area contributed by atoms with Gasteiger partial charge in [-0.25, -0.2) is 0 Å². The van der Waals surface area contributed by atoms with Crippen molar-refractivity contribution in [3.05, 3.63) is 35.4 Å². The van der Waals surface area contributed by atoms with Crippen molar-refractivity contribution >= 4 is 5.91 Å². The van der Waals surface area contributed by atoms with Gasteiger partial charge in [-0.05, 0) is 44.0 Å². The zero-order valence-electron chi connectivity index (χ0n) is 11.0. The summed E-state index contributed by atoms with van der Waals surface area (Å²) in [5.74, 6) is -0.464. The lowest BCUT2D eigenvalue weighted by Gasteiger charge is -2.12. The maximum absolute atomic E-state index is 12.5. The maximum atomic E-state index is 12.5. The first-order chi connectivity index (χ1) is 9.47. The molecule has 0 aliphatic carbocycles. The van der Waals surface area contributed by atoms with E-state index in [9.17, 15) is 18.0 Å². The number of rotatable bonds is 4. The van der Waals surface area contributed by atoms with Crippen LogP contribution in [0.5, 0.6) is 0 Å². The number of nitrogens with one attached hydrogen (secondary N) is 2. The summed E-state index contributed by atoms with van der Waals surface area (Å²) in [5.41, 5.74) is -0.762. The summed E-state index contributed by atoms with van der Waals surface area (Å²) in [6.45, 7) is 1.46. The normalized spacial score (nSPS) is 19.1. The zero-order chi connectivity index (χ0) is 14.6. The first-order valence-electron chi connectivity index (χ1n) is 6.65. The smallest absolute Gasteiger partial charge is 0.352 e. The van der Waals surface area contributed by atoms with E-state index in [-0.39, 0.29) is 5.56 Å². The molecule has 1 aliphatic rings. The minimum Gasteiger partial charge on any atom is -0.352 e. The molecule has 0 saturated carbocycles. The van der Waals surface area contributed by atoms with Crippen molar-refractivity contribution in [1.29, 1.82) is 0 Å². The minimum atomic E-state index is -4.43. The Kier molecular flexibility index (Phi) is 4.65. The molecule has 1 fully saturated rings. The highest BCUT2D eigenvalue weighted by Gasteiger charge is 2.30. The molecular formula is C14H17F3N2O. The molecule has 0 bridgehead atoms. The maximum Gasteiger partial charge on any atom is 0.416 e. The van der Waals surface area contributed by atoms with Gasteiger partial charge in [-0.3, -0.25) is 4.79 Å². The molecule has 110 valence electrons. The average molecular weight is 286 g/mol. The van der Waals surface area contributed by atoms with Gasteiger partial charge < -0.3 is 10.6 Å². The van der Waals surface area contributed by atoms with Crippen LogP contribution in [0.25, 0.3) is 0 Å². The third-order valence-electron chi connectivity index (χ3n) is 3.39. The third-order valence-corrected chi connectivity index (χ3v) is 3.39. The first kappa shape index (κ1) is 14.8. The van der Waals surface area contributed by atoms with Crippen molar-refractivity contribution in [2.45, 2.75) is 31.5 Å². The molecular weight excluding hydrogens is 269 g/mol. The molecule has 6 heteroatoms. The Bertz CT molecular complexity index is 468. The molecule has 1 unspecified atom stereocenters. The van der Waals surface area contributed by atoms with Gasteiger partial charge in [0.2, 0.25) is 0 Å². The van der Waals surface area contributed by atoms with Gasteiger partial charge in [-0.15, -0.1) is 0 Å². The fourth-order valence-electron chi connectivity index (χ4n) is 2.30. The fraction of sp³-hybridized carbons (Fsp3) is 0.500. The summed E-state index contributed by atoms with van der Waals surface area (Å²) < 4.78 is 37.6. The lowest BCUT2D eigenvalue weighted by molar-refractivity contribution is -0.137. The standard InChI is InChI=1S/C14H17F3N2O/c15-14(16,17)11-4-1-3-10(9-11)13(20)19-8-6-12-5-2-7-18-12/h1,3-4,9,12,18H,2,5-8H2,(H,19,20). The number of hydrogen-bond acceptors (Lipinski definition) is 2. The quantitative estimate of drug-likeness (QED) is 0.893. The van der Waals surface area contributed by atoms with Crippen LogP contribution in [0.15, 0.2) is 24.3 Å². The second kappa shape index (κ2) is 6.26. The molecule has 0 aromatic heterocycles. The number of carbonyl (C=O) groups is 1. The summed E-state index contributed by atoms with van der Waals surface area (Å²) in [6.07, 6.45) is -1.42. The minimum absolute atomic E-state index is 0.0409. The van der Waals surface area contributed by atoms with Gasteiger partial charge in [-0.1, -0.05) is 6.07 Å². The van der Waals surface area contributed by atoms with Crippen LogP contribution >= 0.6 is 0 Å². The van der Waals surface area contributed by atoms with Crippen LogP contribution in [0, 0.1) is 0 Å². The van der Waals surface area contributed by atoms with E-state index in [0.717, 1.165) is 37.9 Å². The lowest BCUT2D eigenvalue weighted by atomic mass is 10.1. The highest BCUT2D eigenvalue weighted by Crippen LogP contribution is 2.29. The second-order valence-corrected chi connectivity index (χ2v) is 4.92. The van der Waals surface area contributed by atoms with E-state index in [2.05, 4.69) is 10.6 Å². The van der Waals surface area contributed by atoms with E-state index >= 15 is 0 Å². The van der Waals surface area contributed by atoms with Gasteiger partial charge in [0.1, 0.15) is 0 Å². The predicted molar refractivity (Wildman–Crippen MR) is 69.4 cm³/mol. The SMILES string of the molecule is O=C(NCCC1CCCN1)c1cccc(C(F)(F)F)c1. The molecule has 2 N–H and O–H groups in total. The van der Waals surface area contributed by atoms with Crippen molar-refractivity contribution in [1.82, 2.24) is 10.6 Å². The molecule has 1 atom stereocenters. The third kappa shape index (κ3) is 3.96. The van der Waals surface area contributed by atoms with E-state index in [0.29, 0.717) is 12.6 Å². The number of hydrogen-bond donors (Lipinski definition) is 2. The largest absolute Gasteiger partial charge is 0.416 e. The van der Waals surface area contributed by atoms with Gasteiger partial charge in [-0.2, -0.15) is 13.2 Å². The molecule has 1 aromatic carbocycles. The number of alkyl halides is 3. The highest BCUT2D eigenvalue weighted by molar-refractivity contribution is 5.94. The molecule has 1 aliphatic heterocycles. The molecule has 3 nitrogen and oxygen atoms in total. The van der Waals surface area contributed by atoms with E-state index < -0.39 is 17.6 Å². The number of benzene rings is 1. The van der Waals surface area contributed by atoms with Gasteiger partial charge in [0, 0.05) is 18.2 Å². The molecule has 0 spiro atoms. The Balaban J connectivity index is 1.88. The number of carbonyl (C=O) groups excluding carboxylic acids is 1. The number of amides is 1. The zero-order valence-corrected chi connectivity index (χ0v) is 11.0. The lowest BCUT2D eigenvalue weighted by Crippen LogP contribution is -2.30. The van der Waals surface area contributed by atoms with Crippen LogP contribution in [-0.4, -0.2) is 25.0 Å². The summed E-state index contributed by atoms with van der Waals surface area (Å²) in [7, 11) is 0. The van der Waals surface area contributed by atoms with Crippen molar-refractivity contribution in [3.8, 4) is 0 Å². The topological polar surface area (TPSA) is 41.1 Å². The van der Waals surface area contributed by atoms with Crippen LogP contribution < -0.4 is 10.6 Å². The molecule has 1 heterocycles. The van der Waals surface area contributed by atoms with Crippen molar-refractivity contribution in [2.75, 3.05) is 13.1 Å². The molecule has 1 amide bonds. The van der Waals surface area contributed by atoms with Crippen LogP contribution in [0.1, 0.15) is 35.2 Å². The van der Waals surface area contributed by atoms with E-state index in [1.54, 1.807) is 0 Å². The monoisotopic (exact) mass is 286 g/mol. The molecule has 20 heavy (non-hydrogen) atoms. The predicted octanol–water partition coefficient (Wildman–Crippen LogP) is 2.58. The van der Waals surface area contributed by atoms with Crippen LogP contribution in [0.3, 0.4) is 0 Å². The fourth-order valence-corrected chi connectivity index (χ4v) is 2.30. The van der Waals surface area contributed by atoms with E-state index in [1.165, 1.54) is 12.1 Å². The summed E-state index contributed by atoms with van der Waals surface area (Å²) in [4.78, 5) is 11.8. The molecule has 2 rings (SSSR count). The van der Waals surface area contributed by atoms with Crippen molar-refractivity contribution in [2.24, 2.45) is 0 Å². The Morgan fingerprint density at radius 3 is 2.85 bits per heavy atom. The van der Waals surface area contributed by atoms with Crippen molar-refractivity contribution < 1.29 is 18.0 Å². The number of halogens is 3. The van der Waals surface area contributed by atoms with Crippen LogP contribution in [0.4, 0.5) is 13.2 Å². The van der Waals surface area contributed by atoms with Gasteiger partial charge in [0.25, 0.3) is 5.91 Å². The highest BCUT2D eigenvalue weighted by atomic mass is 19.4. The summed E-state index contributed by atoms with van der Waals surface area (Å²) in [5, 5.41) is 5.96. The average Bonchev–Trinajstić information content (AvgIpc) is 2.91. The first-order valence-corrected chi connectivity index (χ1v) is 6.65. The second-order valence-electron chi connectivity index (χ2n) is 4.92. The summed E-state index contributed by atoms with van der Waals surface area (Å²) >= 11 is 0. The van der Waals surface area contributed by atoms with Gasteiger partial charge in [0.05, 0.1) is 5.56 Å². The van der Waals surface area contributed by atoms with E-state index in [4.69, 9.17) is 0 Å². The Morgan fingerprint density at radius 2 is 2.20 bits per heavy atom. The molecule has 0 radical (unpaired) electrons. The molecule has 1 saturated heterocycles. The Hall–Kier alpha value is -1.56.